The molecule has 2 amide bonds. The van der Waals surface area contributed by atoms with E-state index in [0.717, 1.165) is 16.8 Å². The summed E-state index contributed by atoms with van der Waals surface area (Å²) in [4.78, 5) is 28.3. The number of carbonyl (C=O) groups is 2. The Balaban J connectivity index is 1.88. The number of hydrogen-bond donors (Lipinski definition) is 1. The lowest BCUT2D eigenvalue weighted by Crippen LogP contribution is -2.40. The number of nitrogens with one attached hydrogen (secondary N) is 1. The molecule has 5 heteroatoms. The minimum atomic E-state index is -0.190. The molecular weight excluding hydrogens is 350 g/mol. The Labute approximate surface area is 168 Å². The lowest BCUT2D eigenvalue weighted by molar-refractivity contribution is -0.134. The molecule has 0 aliphatic carbocycles. The Bertz CT molecular complexity index is 841. The van der Waals surface area contributed by atoms with Gasteiger partial charge >= 0.3 is 0 Å². The lowest BCUT2D eigenvalue weighted by atomic mass is 10.1. The first-order valence-corrected chi connectivity index (χ1v) is 9.52. The van der Waals surface area contributed by atoms with Crippen LogP contribution < -0.4 is 5.32 Å². The number of nitrogens with zero attached hydrogens (tertiary/aromatic N) is 2. The van der Waals surface area contributed by atoms with E-state index in [4.69, 9.17) is 0 Å². The average molecular weight is 382 g/mol. The highest BCUT2D eigenvalue weighted by Crippen LogP contribution is 2.19. The van der Waals surface area contributed by atoms with Gasteiger partial charge < -0.3 is 10.2 Å². The third kappa shape index (κ3) is 5.92. The summed E-state index contributed by atoms with van der Waals surface area (Å²) in [5.74, 6) is -0.269. The normalized spacial score (nSPS) is 10.8. The molecule has 2 aromatic rings. The molecule has 0 unspecified atom stereocenters. The fraction of sp³-hybridized carbons (Fsp3) is 0.391. The number of carbonyl (C=O) groups excluding carboxylic acids is 2. The second-order valence-electron chi connectivity index (χ2n) is 7.67. The third-order valence-corrected chi connectivity index (χ3v) is 4.90. The number of amides is 2. The van der Waals surface area contributed by atoms with Gasteiger partial charge in [-0.2, -0.15) is 0 Å². The molecule has 0 saturated carbocycles. The predicted octanol–water partition coefficient (Wildman–Crippen LogP) is 3.45. The summed E-state index contributed by atoms with van der Waals surface area (Å²) in [5.41, 5.74) is 6.50. The smallest absolute Gasteiger partial charge is 0.243 e. The molecule has 5 nitrogen and oxygen atoms in total. The first-order chi connectivity index (χ1) is 13.2. The number of benzene rings is 2. The molecule has 0 bridgehead atoms. The van der Waals surface area contributed by atoms with E-state index < -0.39 is 0 Å². The molecule has 1 N–H and O–H groups in total. The van der Waals surface area contributed by atoms with Gasteiger partial charge in [-0.15, -0.1) is 0 Å². The van der Waals surface area contributed by atoms with Crippen molar-refractivity contribution in [3.05, 3.63) is 64.2 Å². The summed E-state index contributed by atoms with van der Waals surface area (Å²) in [6.45, 7) is 9.06. The van der Waals surface area contributed by atoms with E-state index in [1.54, 1.807) is 7.05 Å². The van der Waals surface area contributed by atoms with Crippen LogP contribution in [0.2, 0.25) is 0 Å². The van der Waals surface area contributed by atoms with E-state index >= 15 is 0 Å². The zero-order valence-corrected chi connectivity index (χ0v) is 17.8. The first-order valence-electron chi connectivity index (χ1n) is 9.52. The predicted molar refractivity (Wildman–Crippen MR) is 114 cm³/mol. The van der Waals surface area contributed by atoms with Gasteiger partial charge in [-0.1, -0.05) is 42.0 Å². The summed E-state index contributed by atoms with van der Waals surface area (Å²) in [6.07, 6.45) is 0. The van der Waals surface area contributed by atoms with E-state index in [1.807, 2.05) is 44.0 Å². The quantitative estimate of drug-likeness (QED) is 0.799. The zero-order chi connectivity index (χ0) is 20.8. The summed E-state index contributed by atoms with van der Waals surface area (Å²) in [6, 6.07) is 12.2. The second kappa shape index (κ2) is 9.51. The van der Waals surface area contributed by atoms with Gasteiger partial charge in [0.2, 0.25) is 11.8 Å². The van der Waals surface area contributed by atoms with Crippen LogP contribution in [0, 0.1) is 27.7 Å². The van der Waals surface area contributed by atoms with Crippen LogP contribution in [0.4, 0.5) is 5.69 Å². The third-order valence-electron chi connectivity index (χ3n) is 4.90. The van der Waals surface area contributed by atoms with Crippen molar-refractivity contribution in [1.29, 1.82) is 0 Å². The number of rotatable bonds is 7. The Hall–Kier alpha value is -2.66. The SMILES string of the molecule is Cc1ccc(CN(C)CC(=O)N(C)CC(=O)Nc2c(C)cccc2C)c(C)c1. The van der Waals surface area contributed by atoms with Gasteiger partial charge in [0.25, 0.3) is 0 Å². The maximum Gasteiger partial charge on any atom is 0.243 e. The van der Waals surface area contributed by atoms with Gasteiger partial charge in [0.15, 0.2) is 0 Å². The monoisotopic (exact) mass is 381 g/mol. The van der Waals surface area contributed by atoms with Crippen LogP contribution in [-0.4, -0.2) is 48.8 Å². The van der Waals surface area contributed by atoms with Gasteiger partial charge in [0.05, 0.1) is 13.1 Å². The van der Waals surface area contributed by atoms with Crippen LogP contribution in [-0.2, 0) is 16.1 Å². The topological polar surface area (TPSA) is 52.7 Å². The number of likely N-dealkylation sites (N-methyl/N-ethyl adjacent to an activating group) is 2. The fourth-order valence-corrected chi connectivity index (χ4v) is 3.22. The van der Waals surface area contributed by atoms with Gasteiger partial charge in [-0.3, -0.25) is 14.5 Å². The molecule has 0 spiro atoms. The average Bonchev–Trinajstić information content (AvgIpc) is 2.60. The molecule has 0 aromatic heterocycles. The minimum Gasteiger partial charge on any atom is -0.335 e. The molecule has 2 aromatic carbocycles. The van der Waals surface area contributed by atoms with Crippen LogP contribution in [0.15, 0.2) is 36.4 Å². The van der Waals surface area contributed by atoms with Crippen molar-refractivity contribution in [3.8, 4) is 0 Å². The highest BCUT2D eigenvalue weighted by molar-refractivity contribution is 5.95. The highest BCUT2D eigenvalue weighted by Gasteiger charge is 2.16. The van der Waals surface area contributed by atoms with Crippen molar-refractivity contribution < 1.29 is 9.59 Å². The van der Waals surface area contributed by atoms with Crippen LogP contribution in [0.1, 0.15) is 27.8 Å². The Morgan fingerprint density at radius 3 is 2.14 bits per heavy atom. The van der Waals surface area contributed by atoms with Crippen molar-refractivity contribution in [1.82, 2.24) is 9.80 Å². The van der Waals surface area contributed by atoms with E-state index in [2.05, 4.69) is 37.4 Å². The van der Waals surface area contributed by atoms with Crippen LogP contribution in [0.5, 0.6) is 0 Å². The van der Waals surface area contributed by atoms with Crippen molar-refractivity contribution in [3.63, 3.8) is 0 Å². The molecule has 2 rings (SSSR count). The van der Waals surface area contributed by atoms with Gasteiger partial charge in [0.1, 0.15) is 0 Å². The van der Waals surface area contributed by atoms with E-state index in [-0.39, 0.29) is 24.9 Å². The Kier molecular flexibility index (Phi) is 7.35. The van der Waals surface area contributed by atoms with Crippen LogP contribution in [0.3, 0.4) is 0 Å². The first kappa shape index (κ1) is 21.6. The maximum absolute atomic E-state index is 12.5. The van der Waals surface area contributed by atoms with Crippen LogP contribution in [0.25, 0.3) is 0 Å². The fourth-order valence-electron chi connectivity index (χ4n) is 3.22. The Morgan fingerprint density at radius 2 is 1.54 bits per heavy atom. The van der Waals surface area contributed by atoms with Crippen molar-refractivity contribution in [2.45, 2.75) is 34.2 Å². The van der Waals surface area contributed by atoms with Crippen LogP contribution >= 0.6 is 0 Å². The minimum absolute atomic E-state index is 0.0318. The molecule has 0 radical (unpaired) electrons. The molecule has 0 aliphatic rings. The lowest BCUT2D eigenvalue weighted by Gasteiger charge is -2.22. The van der Waals surface area contributed by atoms with Gasteiger partial charge in [-0.25, -0.2) is 0 Å². The number of para-hydroxylation sites is 1. The summed E-state index contributed by atoms with van der Waals surface area (Å²) in [5, 5.41) is 2.92. The van der Waals surface area contributed by atoms with E-state index in [9.17, 15) is 9.59 Å². The zero-order valence-electron chi connectivity index (χ0n) is 17.8. The number of anilines is 1. The molecule has 0 saturated heterocycles. The number of aryl methyl sites for hydroxylation is 4. The molecule has 0 fully saturated rings. The van der Waals surface area contributed by atoms with Gasteiger partial charge in [0, 0.05) is 19.3 Å². The standard InChI is InChI=1S/C23H31N3O2/c1-16-10-11-20(19(4)12-16)13-25(5)15-22(28)26(6)14-21(27)24-23-17(2)8-7-9-18(23)3/h7-12H,13-15H2,1-6H3,(H,24,27). The number of hydrogen-bond acceptors (Lipinski definition) is 3. The van der Waals surface area contributed by atoms with Crippen molar-refractivity contribution >= 4 is 17.5 Å². The molecular formula is C23H31N3O2. The second-order valence-corrected chi connectivity index (χ2v) is 7.67. The molecule has 0 atom stereocenters. The van der Waals surface area contributed by atoms with E-state index in [0.29, 0.717) is 6.54 Å². The molecule has 150 valence electrons. The largest absolute Gasteiger partial charge is 0.335 e. The van der Waals surface area contributed by atoms with Gasteiger partial charge in [-0.05, 0) is 57.0 Å². The van der Waals surface area contributed by atoms with E-state index in [1.165, 1.54) is 21.6 Å². The van der Waals surface area contributed by atoms with Crippen molar-refractivity contribution in [2.24, 2.45) is 0 Å². The molecule has 28 heavy (non-hydrogen) atoms. The molecule has 0 heterocycles. The summed E-state index contributed by atoms with van der Waals surface area (Å²) >= 11 is 0. The highest BCUT2D eigenvalue weighted by atomic mass is 16.2. The van der Waals surface area contributed by atoms with Crippen molar-refractivity contribution in [2.75, 3.05) is 32.5 Å². The molecule has 0 aliphatic heterocycles. The Morgan fingerprint density at radius 1 is 0.893 bits per heavy atom. The summed E-state index contributed by atoms with van der Waals surface area (Å²) < 4.78 is 0. The summed E-state index contributed by atoms with van der Waals surface area (Å²) in [7, 11) is 3.58. The maximum atomic E-state index is 12.5.